The number of halogens is 1. The van der Waals surface area contributed by atoms with Gasteiger partial charge in [0, 0.05) is 20.1 Å². The van der Waals surface area contributed by atoms with E-state index in [-0.39, 0.29) is 31.0 Å². The molecule has 0 aliphatic carbocycles. The van der Waals surface area contributed by atoms with Gasteiger partial charge in [-0.1, -0.05) is 70.6 Å². The number of nitrogens with zero attached hydrogens (tertiary/aromatic N) is 4. The SMILES string of the molecule is C#C[C@](CCn1cnc2c(N)nc(F)nc21)(COC(=O)OCCCCCCCCCCCC)OC. The normalized spacial score (nSPS) is 12.9. The van der Waals surface area contributed by atoms with Crippen LogP contribution in [0.25, 0.3) is 11.2 Å². The maximum absolute atomic E-state index is 13.6. The van der Waals surface area contributed by atoms with E-state index in [4.69, 9.17) is 26.4 Å². The lowest BCUT2D eigenvalue weighted by Gasteiger charge is -2.26. The predicted octanol–water partition coefficient (Wildman–Crippen LogP) is 5.03. The second-order valence-electron chi connectivity index (χ2n) is 8.65. The number of ether oxygens (including phenoxy) is 3. The third-order valence-electron chi connectivity index (χ3n) is 6.01. The standard InChI is InChI=1S/C25H38FN5O4/c1-4-6-7-8-9-10-11-12-13-14-17-34-24(32)35-18-25(5-2,33-3)15-16-31-19-28-20-21(27)29-23(26)30-22(20)31/h2,19H,4,6-18H2,1,3H3,(H2,27,29,30)/t25-/m0/s1. The van der Waals surface area contributed by atoms with Gasteiger partial charge in [0.1, 0.15) is 12.1 Å². The van der Waals surface area contributed by atoms with E-state index in [0.29, 0.717) is 12.1 Å². The van der Waals surface area contributed by atoms with Crippen LogP contribution in [0.15, 0.2) is 6.33 Å². The number of hydrogen-bond acceptors (Lipinski definition) is 8. The molecule has 2 rings (SSSR count). The van der Waals surface area contributed by atoms with E-state index in [2.05, 4.69) is 27.8 Å². The number of anilines is 1. The van der Waals surface area contributed by atoms with Gasteiger partial charge in [-0.2, -0.15) is 14.4 Å². The first kappa shape index (κ1) is 28.3. The number of terminal acetylenes is 1. The quantitative estimate of drug-likeness (QED) is 0.142. The Morgan fingerprint density at radius 3 is 2.40 bits per heavy atom. The molecule has 9 nitrogen and oxygen atoms in total. The van der Waals surface area contributed by atoms with E-state index >= 15 is 0 Å². The Bertz CT molecular complexity index is 961. The van der Waals surface area contributed by atoms with Gasteiger partial charge in [-0.3, -0.25) is 0 Å². The minimum Gasteiger partial charge on any atom is -0.434 e. The van der Waals surface area contributed by atoms with E-state index in [1.165, 1.54) is 58.4 Å². The molecule has 0 aromatic carbocycles. The molecule has 10 heteroatoms. The van der Waals surface area contributed by atoms with Crippen molar-refractivity contribution >= 4 is 23.1 Å². The molecule has 0 saturated carbocycles. The molecule has 1 atom stereocenters. The number of methoxy groups -OCH3 is 1. The molecule has 0 aliphatic heterocycles. The van der Waals surface area contributed by atoms with Crippen molar-refractivity contribution in [3.05, 3.63) is 12.4 Å². The Morgan fingerprint density at radius 1 is 1.11 bits per heavy atom. The van der Waals surface area contributed by atoms with Crippen molar-refractivity contribution in [3.8, 4) is 12.3 Å². The van der Waals surface area contributed by atoms with Gasteiger partial charge < -0.3 is 24.5 Å². The fourth-order valence-electron chi connectivity index (χ4n) is 3.77. The summed E-state index contributed by atoms with van der Waals surface area (Å²) in [6, 6.07) is 0. The molecule has 194 valence electrons. The lowest BCUT2D eigenvalue weighted by atomic mass is 10.0. The van der Waals surface area contributed by atoms with E-state index < -0.39 is 17.8 Å². The number of nitrogen functional groups attached to an aromatic ring is 1. The number of unbranched alkanes of at least 4 members (excludes halogenated alkanes) is 9. The van der Waals surface area contributed by atoms with Crippen LogP contribution >= 0.6 is 0 Å². The maximum atomic E-state index is 13.6. The lowest BCUT2D eigenvalue weighted by Crippen LogP contribution is -2.37. The van der Waals surface area contributed by atoms with Crippen molar-refractivity contribution in [2.45, 2.75) is 89.7 Å². The van der Waals surface area contributed by atoms with Crippen molar-refractivity contribution in [1.82, 2.24) is 19.5 Å². The monoisotopic (exact) mass is 491 g/mol. The predicted molar refractivity (Wildman–Crippen MR) is 132 cm³/mol. The number of hydrogen-bond donors (Lipinski definition) is 1. The fourth-order valence-corrected chi connectivity index (χ4v) is 3.77. The average molecular weight is 492 g/mol. The number of carbonyl (C=O) groups excluding carboxylic acids is 1. The summed E-state index contributed by atoms with van der Waals surface area (Å²) in [7, 11) is 1.43. The highest BCUT2D eigenvalue weighted by Crippen LogP contribution is 2.21. The molecule has 2 heterocycles. The average Bonchev–Trinajstić information content (AvgIpc) is 3.26. The van der Waals surface area contributed by atoms with Gasteiger partial charge >= 0.3 is 12.2 Å². The number of nitrogens with two attached hydrogens (primary N) is 1. The number of aryl methyl sites for hydroxylation is 1. The highest BCUT2D eigenvalue weighted by molar-refractivity contribution is 5.81. The van der Waals surface area contributed by atoms with Crippen LogP contribution in [0.3, 0.4) is 0 Å². The number of fused-ring (bicyclic) bond motifs is 1. The van der Waals surface area contributed by atoms with Gasteiger partial charge in [-0.15, -0.1) is 6.42 Å². The second-order valence-corrected chi connectivity index (χ2v) is 8.65. The summed E-state index contributed by atoms with van der Waals surface area (Å²) in [4.78, 5) is 23.3. The third kappa shape index (κ3) is 9.32. The molecule has 2 N–H and O–H groups in total. The molecule has 0 radical (unpaired) electrons. The summed E-state index contributed by atoms with van der Waals surface area (Å²) in [5.41, 5.74) is 5.04. The maximum Gasteiger partial charge on any atom is 0.508 e. The van der Waals surface area contributed by atoms with Crippen LogP contribution in [0.5, 0.6) is 0 Å². The zero-order chi connectivity index (χ0) is 25.5. The van der Waals surface area contributed by atoms with Gasteiger partial charge in [-0.25, -0.2) is 9.78 Å². The molecule has 0 spiro atoms. The highest BCUT2D eigenvalue weighted by atomic mass is 19.1. The molecule has 0 aliphatic rings. The van der Waals surface area contributed by atoms with Crippen LogP contribution in [-0.4, -0.2) is 51.6 Å². The third-order valence-corrected chi connectivity index (χ3v) is 6.01. The van der Waals surface area contributed by atoms with Crippen molar-refractivity contribution in [2.24, 2.45) is 0 Å². The summed E-state index contributed by atoms with van der Waals surface area (Å²) in [5, 5.41) is 0. The molecule has 2 aromatic heterocycles. The molecule has 2 aromatic rings. The van der Waals surface area contributed by atoms with Crippen molar-refractivity contribution in [3.63, 3.8) is 0 Å². The summed E-state index contributed by atoms with van der Waals surface area (Å²) >= 11 is 0. The van der Waals surface area contributed by atoms with Gasteiger partial charge in [0.05, 0.1) is 12.9 Å². The fraction of sp³-hybridized carbons (Fsp3) is 0.680. The summed E-state index contributed by atoms with van der Waals surface area (Å²) in [6.45, 7) is 2.62. The molecule has 0 fully saturated rings. The largest absolute Gasteiger partial charge is 0.508 e. The Kier molecular flexibility index (Phi) is 12.2. The topological polar surface area (TPSA) is 114 Å². The number of rotatable bonds is 17. The minimum absolute atomic E-state index is 0.0466. The first-order valence-electron chi connectivity index (χ1n) is 12.4. The lowest BCUT2D eigenvalue weighted by molar-refractivity contribution is -0.0393. The van der Waals surface area contributed by atoms with Crippen molar-refractivity contribution in [1.29, 1.82) is 0 Å². The van der Waals surface area contributed by atoms with Crippen LogP contribution in [0.2, 0.25) is 0 Å². The Morgan fingerprint density at radius 2 is 1.77 bits per heavy atom. The van der Waals surface area contributed by atoms with Crippen molar-refractivity contribution in [2.75, 3.05) is 26.1 Å². The number of aromatic nitrogens is 4. The molecule has 0 amide bonds. The smallest absolute Gasteiger partial charge is 0.434 e. The van der Waals surface area contributed by atoms with Gasteiger partial charge in [-0.05, 0) is 6.42 Å². The Balaban J connectivity index is 1.68. The zero-order valence-electron chi connectivity index (χ0n) is 20.9. The van der Waals surface area contributed by atoms with Crippen LogP contribution < -0.4 is 5.73 Å². The number of imidazole rings is 1. The first-order valence-corrected chi connectivity index (χ1v) is 12.4. The number of carbonyl (C=O) groups is 1. The van der Waals surface area contributed by atoms with E-state index in [1.54, 1.807) is 4.57 Å². The first-order chi connectivity index (χ1) is 16.9. The summed E-state index contributed by atoms with van der Waals surface area (Å²) in [6.07, 6.45) is 17.7. The highest BCUT2D eigenvalue weighted by Gasteiger charge is 2.30. The van der Waals surface area contributed by atoms with E-state index in [9.17, 15) is 9.18 Å². The van der Waals surface area contributed by atoms with Crippen LogP contribution in [0, 0.1) is 18.4 Å². The van der Waals surface area contributed by atoms with Gasteiger partial charge in [0.25, 0.3) is 0 Å². The zero-order valence-corrected chi connectivity index (χ0v) is 20.9. The van der Waals surface area contributed by atoms with E-state index in [1.807, 2.05) is 0 Å². The molecule has 35 heavy (non-hydrogen) atoms. The van der Waals surface area contributed by atoms with Crippen LogP contribution in [0.1, 0.15) is 77.6 Å². The van der Waals surface area contributed by atoms with Gasteiger partial charge in [0.2, 0.25) is 0 Å². The molecular formula is C25H38FN5O4. The molecule has 0 bridgehead atoms. The van der Waals surface area contributed by atoms with Crippen LogP contribution in [0.4, 0.5) is 15.0 Å². The Hall–Kier alpha value is -2.93. The summed E-state index contributed by atoms with van der Waals surface area (Å²) < 4.78 is 31.0. The minimum atomic E-state index is -1.19. The van der Waals surface area contributed by atoms with E-state index in [0.717, 1.165) is 19.3 Å². The second kappa shape index (κ2) is 15.1. The molecular weight excluding hydrogens is 453 g/mol. The molecule has 0 unspecified atom stereocenters. The summed E-state index contributed by atoms with van der Waals surface area (Å²) in [5.74, 6) is 2.50. The van der Waals surface area contributed by atoms with Crippen LogP contribution in [-0.2, 0) is 20.8 Å². The molecule has 0 saturated heterocycles. The Labute approximate surface area is 206 Å². The van der Waals surface area contributed by atoms with Crippen molar-refractivity contribution < 1.29 is 23.4 Å². The van der Waals surface area contributed by atoms with Gasteiger partial charge in [0.15, 0.2) is 17.1 Å².